The summed E-state index contributed by atoms with van der Waals surface area (Å²) in [6.07, 6.45) is 0. The van der Waals surface area contributed by atoms with Crippen LogP contribution in [0.25, 0.3) is 0 Å². The standard InChI is InChI=1S/C8H12N4/c1-7(5-9)8(2,6-10)12-4-3-11-7/h11-12H,3-4H2,1-2H3. The molecule has 2 atom stereocenters. The Hall–Kier alpha value is -1.10. The van der Waals surface area contributed by atoms with Crippen LogP contribution in [0.3, 0.4) is 0 Å². The molecule has 12 heavy (non-hydrogen) atoms. The highest BCUT2D eigenvalue weighted by Gasteiger charge is 2.47. The van der Waals surface area contributed by atoms with E-state index in [1.807, 2.05) is 0 Å². The molecule has 64 valence electrons. The summed E-state index contributed by atoms with van der Waals surface area (Å²) in [7, 11) is 0. The van der Waals surface area contributed by atoms with Gasteiger partial charge in [0.05, 0.1) is 12.1 Å². The number of nitriles is 2. The molecule has 4 heteroatoms. The lowest BCUT2D eigenvalue weighted by atomic mass is 9.80. The first kappa shape index (κ1) is 8.99. The molecule has 1 aliphatic rings. The second-order valence-corrected chi connectivity index (χ2v) is 3.33. The minimum absolute atomic E-state index is 0.724. The lowest BCUT2D eigenvalue weighted by molar-refractivity contribution is 0.228. The van der Waals surface area contributed by atoms with Crippen molar-refractivity contribution in [2.75, 3.05) is 13.1 Å². The molecule has 1 aliphatic heterocycles. The number of hydrogen-bond acceptors (Lipinski definition) is 4. The summed E-state index contributed by atoms with van der Waals surface area (Å²) in [5, 5.41) is 23.9. The summed E-state index contributed by atoms with van der Waals surface area (Å²) in [6.45, 7) is 4.92. The van der Waals surface area contributed by atoms with Crippen LogP contribution in [0.15, 0.2) is 0 Å². The Labute approximate surface area is 72.2 Å². The van der Waals surface area contributed by atoms with Crippen molar-refractivity contribution in [1.82, 2.24) is 10.6 Å². The van der Waals surface area contributed by atoms with Gasteiger partial charge in [-0.1, -0.05) is 0 Å². The predicted octanol–water partition coefficient (Wildman–Crippen LogP) is -0.256. The summed E-state index contributed by atoms with van der Waals surface area (Å²) in [4.78, 5) is 0. The summed E-state index contributed by atoms with van der Waals surface area (Å²) < 4.78 is 0. The Morgan fingerprint density at radius 1 is 1.00 bits per heavy atom. The SMILES string of the molecule is CC1(C#N)NCCNC1(C)C#N. The Bertz CT molecular complexity index is 233. The Morgan fingerprint density at radius 2 is 1.33 bits per heavy atom. The molecule has 1 rings (SSSR count). The summed E-state index contributed by atoms with van der Waals surface area (Å²) in [5.41, 5.74) is -1.58. The lowest BCUT2D eigenvalue weighted by Gasteiger charge is -2.41. The molecule has 0 bridgehead atoms. The van der Waals surface area contributed by atoms with Crippen LogP contribution in [0.5, 0.6) is 0 Å². The fourth-order valence-electron chi connectivity index (χ4n) is 1.28. The van der Waals surface area contributed by atoms with Crippen molar-refractivity contribution in [2.24, 2.45) is 0 Å². The van der Waals surface area contributed by atoms with Gasteiger partial charge < -0.3 is 0 Å². The molecule has 0 aromatic rings. The van der Waals surface area contributed by atoms with Gasteiger partial charge in [-0.25, -0.2) is 0 Å². The van der Waals surface area contributed by atoms with E-state index in [9.17, 15) is 0 Å². The van der Waals surface area contributed by atoms with Gasteiger partial charge in [0, 0.05) is 13.1 Å². The smallest absolute Gasteiger partial charge is 0.135 e. The zero-order valence-corrected chi connectivity index (χ0v) is 7.31. The number of hydrogen-bond donors (Lipinski definition) is 2. The molecule has 2 unspecified atom stereocenters. The van der Waals surface area contributed by atoms with Crippen LogP contribution in [0.4, 0.5) is 0 Å². The van der Waals surface area contributed by atoms with Gasteiger partial charge in [-0.3, -0.25) is 10.6 Å². The number of nitrogens with zero attached hydrogens (tertiary/aromatic N) is 2. The number of piperazine rings is 1. The second-order valence-electron chi connectivity index (χ2n) is 3.33. The van der Waals surface area contributed by atoms with Gasteiger partial charge in [-0.15, -0.1) is 0 Å². The average molecular weight is 164 g/mol. The van der Waals surface area contributed by atoms with E-state index in [0.717, 1.165) is 13.1 Å². The van der Waals surface area contributed by atoms with Crippen molar-refractivity contribution < 1.29 is 0 Å². The molecule has 1 saturated heterocycles. The van der Waals surface area contributed by atoms with Crippen LogP contribution in [-0.2, 0) is 0 Å². The maximum Gasteiger partial charge on any atom is 0.135 e. The molecule has 0 aromatic heterocycles. The highest BCUT2D eigenvalue weighted by atomic mass is 15.2. The fourth-order valence-corrected chi connectivity index (χ4v) is 1.28. The normalized spacial score (nSPS) is 41.3. The predicted molar refractivity (Wildman–Crippen MR) is 44.0 cm³/mol. The molecule has 1 fully saturated rings. The quantitative estimate of drug-likeness (QED) is 0.517. The third kappa shape index (κ3) is 1.06. The zero-order chi connectivity index (χ0) is 9.24. The molecule has 0 aliphatic carbocycles. The molecule has 0 saturated carbocycles. The van der Waals surface area contributed by atoms with Crippen LogP contribution in [0.1, 0.15) is 13.8 Å². The van der Waals surface area contributed by atoms with Gasteiger partial charge >= 0.3 is 0 Å². The van der Waals surface area contributed by atoms with Gasteiger partial charge in [0.2, 0.25) is 0 Å². The first-order valence-corrected chi connectivity index (χ1v) is 3.90. The van der Waals surface area contributed by atoms with Crippen LogP contribution in [0, 0.1) is 22.7 Å². The van der Waals surface area contributed by atoms with E-state index in [1.54, 1.807) is 13.8 Å². The molecule has 1 heterocycles. The maximum absolute atomic E-state index is 8.91. The minimum Gasteiger partial charge on any atom is -0.296 e. The molecule has 0 amide bonds. The molecule has 0 aromatic carbocycles. The number of rotatable bonds is 0. The highest BCUT2D eigenvalue weighted by Crippen LogP contribution is 2.22. The highest BCUT2D eigenvalue weighted by molar-refractivity contribution is 5.28. The monoisotopic (exact) mass is 164 g/mol. The van der Waals surface area contributed by atoms with Crippen molar-refractivity contribution in [3.63, 3.8) is 0 Å². The van der Waals surface area contributed by atoms with Gasteiger partial charge in [0.1, 0.15) is 11.1 Å². The van der Waals surface area contributed by atoms with Crippen molar-refractivity contribution in [1.29, 1.82) is 10.5 Å². The first-order valence-electron chi connectivity index (χ1n) is 3.90. The topological polar surface area (TPSA) is 71.6 Å². The van der Waals surface area contributed by atoms with E-state index in [4.69, 9.17) is 10.5 Å². The second kappa shape index (κ2) is 2.75. The fraction of sp³-hybridized carbons (Fsp3) is 0.750. The first-order chi connectivity index (χ1) is 5.58. The van der Waals surface area contributed by atoms with Crippen molar-refractivity contribution in [3.05, 3.63) is 0 Å². The molecule has 0 spiro atoms. The van der Waals surface area contributed by atoms with Gasteiger partial charge in [0.15, 0.2) is 0 Å². The average Bonchev–Trinajstić information content (AvgIpc) is 2.10. The number of nitrogens with one attached hydrogen (secondary N) is 2. The largest absolute Gasteiger partial charge is 0.296 e. The van der Waals surface area contributed by atoms with E-state index >= 15 is 0 Å². The van der Waals surface area contributed by atoms with E-state index in [0.29, 0.717) is 0 Å². The lowest BCUT2D eigenvalue weighted by Crippen LogP contribution is -2.70. The molecular formula is C8H12N4. The van der Waals surface area contributed by atoms with Crippen LogP contribution in [-0.4, -0.2) is 24.2 Å². The van der Waals surface area contributed by atoms with Crippen LogP contribution < -0.4 is 10.6 Å². The Kier molecular flexibility index (Phi) is 2.06. The van der Waals surface area contributed by atoms with Gasteiger partial charge in [-0.2, -0.15) is 10.5 Å². The summed E-state index contributed by atoms with van der Waals surface area (Å²) in [5.74, 6) is 0. The van der Waals surface area contributed by atoms with Gasteiger partial charge in [0.25, 0.3) is 0 Å². The molecule has 2 N–H and O–H groups in total. The van der Waals surface area contributed by atoms with E-state index in [1.165, 1.54) is 0 Å². The third-order valence-corrected chi connectivity index (χ3v) is 2.53. The van der Waals surface area contributed by atoms with Crippen molar-refractivity contribution in [3.8, 4) is 12.1 Å². The maximum atomic E-state index is 8.91. The molecule has 0 radical (unpaired) electrons. The van der Waals surface area contributed by atoms with Crippen molar-refractivity contribution >= 4 is 0 Å². The van der Waals surface area contributed by atoms with E-state index in [-0.39, 0.29) is 0 Å². The van der Waals surface area contributed by atoms with E-state index < -0.39 is 11.1 Å². The molecular weight excluding hydrogens is 152 g/mol. The Balaban J connectivity index is 2.99. The van der Waals surface area contributed by atoms with Crippen LogP contribution >= 0.6 is 0 Å². The summed E-state index contributed by atoms with van der Waals surface area (Å²) >= 11 is 0. The third-order valence-electron chi connectivity index (χ3n) is 2.53. The summed E-state index contributed by atoms with van der Waals surface area (Å²) in [6, 6.07) is 4.25. The van der Waals surface area contributed by atoms with Gasteiger partial charge in [-0.05, 0) is 13.8 Å². The zero-order valence-electron chi connectivity index (χ0n) is 7.31. The molecule has 4 nitrogen and oxygen atoms in total. The van der Waals surface area contributed by atoms with Crippen molar-refractivity contribution in [2.45, 2.75) is 24.9 Å². The Morgan fingerprint density at radius 3 is 1.58 bits per heavy atom. The minimum atomic E-state index is -0.792. The van der Waals surface area contributed by atoms with Crippen LogP contribution in [0.2, 0.25) is 0 Å². The van der Waals surface area contributed by atoms with E-state index in [2.05, 4.69) is 22.8 Å².